The number of ether oxygens (including phenoxy) is 1. The molecule has 4 aromatic rings. The van der Waals surface area contributed by atoms with Gasteiger partial charge in [-0.1, -0.05) is 19.1 Å². The molecule has 0 saturated carbocycles. The number of nitrogen functional groups attached to an aromatic ring is 1. The van der Waals surface area contributed by atoms with Crippen LogP contribution in [0.5, 0.6) is 5.75 Å². The Balaban J connectivity index is 1.66. The van der Waals surface area contributed by atoms with E-state index in [9.17, 15) is 0 Å². The molecule has 7 nitrogen and oxygen atoms in total. The predicted octanol–water partition coefficient (Wildman–Crippen LogP) is 5.37. The van der Waals surface area contributed by atoms with E-state index in [-0.39, 0.29) is 0 Å². The molecule has 0 spiro atoms. The summed E-state index contributed by atoms with van der Waals surface area (Å²) in [5.74, 6) is 1.35. The summed E-state index contributed by atoms with van der Waals surface area (Å²) in [6.45, 7) is 2.74. The fraction of sp³-hybridized carbons (Fsp3) is 0.261. The molecule has 164 valence electrons. The number of benzene rings is 1. The maximum absolute atomic E-state index is 5.88. The van der Waals surface area contributed by atoms with Crippen molar-refractivity contribution in [2.45, 2.75) is 32.6 Å². The molecular weight excluding hydrogens is 488 g/mol. The smallest absolute Gasteiger partial charge is 0.180 e. The molecule has 0 saturated heterocycles. The topological polar surface area (TPSA) is 99.7 Å². The summed E-state index contributed by atoms with van der Waals surface area (Å²) < 4.78 is 6.76. The van der Waals surface area contributed by atoms with Crippen LogP contribution in [-0.4, -0.2) is 31.5 Å². The molecule has 1 aromatic carbocycles. The van der Waals surface area contributed by atoms with Crippen LogP contribution in [0.2, 0.25) is 0 Å². The van der Waals surface area contributed by atoms with Gasteiger partial charge >= 0.3 is 0 Å². The van der Waals surface area contributed by atoms with Gasteiger partial charge in [-0.3, -0.25) is 4.98 Å². The normalized spacial score (nSPS) is 10.9. The van der Waals surface area contributed by atoms with Gasteiger partial charge in [0, 0.05) is 34.7 Å². The summed E-state index contributed by atoms with van der Waals surface area (Å²) >= 11 is 5.24. The Morgan fingerprint density at radius 2 is 1.97 bits per heavy atom. The lowest BCUT2D eigenvalue weighted by Crippen LogP contribution is -2.02. The molecule has 3 heterocycles. The van der Waals surface area contributed by atoms with Crippen molar-refractivity contribution in [3.8, 4) is 28.5 Å². The van der Waals surface area contributed by atoms with E-state index in [1.165, 1.54) is 16.2 Å². The number of hydrogen-bond acceptors (Lipinski definition) is 8. The Bertz CT molecular complexity index is 1180. The number of aryl methyl sites for hydroxylation is 2. The third-order valence-corrected chi connectivity index (χ3v) is 6.40. The first-order valence-electron chi connectivity index (χ1n) is 10.4. The zero-order valence-electron chi connectivity index (χ0n) is 17.7. The summed E-state index contributed by atoms with van der Waals surface area (Å²) in [7, 11) is 0. The highest BCUT2D eigenvalue weighted by molar-refractivity contribution is 9.10. The fourth-order valence-electron chi connectivity index (χ4n) is 3.21. The number of aromatic nitrogens is 5. The standard InChI is InChI=1S/C23H23BrN6OS/c1-2-11-31-20-8-4-7-17(21(20)24)18-12-15(5-3-6-16-13-28-23(25)32-16)29-22(30-18)19-14-26-9-10-27-19/h4,7-10,12-14H,2-3,5-6,11H2,1H3,(H2,25,28). The number of halogens is 1. The molecule has 0 aliphatic carbocycles. The van der Waals surface area contributed by atoms with Gasteiger partial charge in [0.25, 0.3) is 0 Å². The molecule has 0 bridgehead atoms. The van der Waals surface area contributed by atoms with E-state index in [2.05, 4.69) is 37.8 Å². The van der Waals surface area contributed by atoms with E-state index >= 15 is 0 Å². The minimum Gasteiger partial charge on any atom is -0.492 e. The van der Waals surface area contributed by atoms with Gasteiger partial charge in [0.2, 0.25) is 0 Å². The van der Waals surface area contributed by atoms with Crippen LogP contribution in [0.15, 0.2) is 53.5 Å². The monoisotopic (exact) mass is 510 g/mol. The van der Waals surface area contributed by atoms with Gasteiger partial charge in [0.05, 0.1) is 23.0 Å². The number of hydrogen-bond donors (Lipinski definition) is 1. The summed E-state index contributed by atoms with van der Waals surface area (Å²) in [5, 5.41) is 0.601. The number of thiazole rings is 1. The molecule has 9 heteroatoms. The Hall–Kier alpha value is -2.91. The van der Waals surface area contributed by atoms with Crippen molar-refractivity contribution >= 4 is 32.4 Å². The lowest BCUT2D eigenvalue weighted by atomic mass is 10.1. The van der Waals surface area contributed by atoms with Crippen molar-refractivity contribution in [1.82, 2.24) is 24.9 Å². The highest BCUT2D eigenvalue weighted by atomic mass is 79.9. The zero-order valence-corrected chi connectivity index (χ0v) is 20.1. The highest BCUT2D eigenvalue weighted by Crippen LogP contribution is 2.35. The molecule has 0 aliphatic rings. The van der Waals surface area contributed by atoms with Crippen molar-refractivity contribution < 1.29 is 4.74 Å². The van der Waals surface area contributed by atoms with Crippen LogP contribution in [-0.2, 0) is 12.8 Å². The van der Waals surface area contributed by atoms with Crippen LogP contribution in [0.1, 0.15) is 30.3 Å². The van der Waals surface area contributed by atoms with E-state index in [0.29, 0.717) is 23.3 Å². The third-order valence-electron chi connectivity index (χ3n) is 4.70. The number of nitrogens with zero attached hydrogens (tertiary/aromatic N) is 5. The quantitative estimate of drug-likeness (QED) is 0.323. The van der Waals surface area contributed by atoms with Crippen molar-refractivity contribution in [2.24, 2.45) is 0 Å². The van der Waals surface area contributed by atoms with Crippen LogP contribution < -0.4 is 10.5 Å². The second-order valence-electron chi connectivity index (χ2n) is 7.14. The molecule has 32 heavy (non-hydrogen) atoms. The fourth-order valence-corrected chi connectivity index (χ4v) is 4.51. The van der Waals surface area contributed by atoms with Gasteiger partial charge < -0.3 is 10.5 Å². The largest absolute Gasteiger partial charge is 0.492 e. The number of rotatable bonds is 9. The van der Waals surface area contributed by atoms with Crippen molar-refractivity contribution in [1.29, 1.82) is 0 Å². The van der Waals surface area contributed by atoms with E-state index in [1.54, 1.807) is 18.6 Å². The van der Waals surface area contributed by atoms with Crippen LogP contribution in [0.25, 0.3) is 22.8 Å². The van der Waals surface area contributed by atoms with Crippen molar-refractivity contribution in [3.63, 3.8) is 0 Å². The first-order valence-corrected chi connectivity index (χ1v) is 12.0. The molecule has 0 fully saturated rings. The van der Waals surface area contributed by atoms with Gasteiger partial charge in [-0.25, -0.2) is 19.9 Å². The molecule has 0 radical (unpaired) electrons. The Labute approximate surface area is 199 Å². The predicted molar refractivity (Wildman–Crippen MR) is 131 cm³/mol. The zero-order chi connectivity index (χ0) is 22.3. The second kappa shape index (κ2) is 10.6. The lowest BCUT2D eigenvalue weighted by Gasteiger charge is -2.12. The van der Waals surface area contributed by atoms with Crippen LogP contribution in [0.4, 0.5) is 5.13 Å². The SMILES string of the molecule is CCCOc1cccc(-c2cc(CCCc3cnc(N)s3)nc(-c3cnccn3)n2)c1Br. The van der Waals surface area contributed by atoms with Gasteiger partial charge in [0.15, 0.2) is 11.0 Å². The molecule has 3 aromatic heterocycles. The molecule has 2 N–H and O–H groups in total. The average molecular weight is 511 g/mol. The van der Waals surface area contributed by atoms with Gasteiger partial charge in [-0.2, -0.15) is 0 Å². The highest BCUT2D eigenvalue weighted by Gasteiger charge is 2.15. The number of nitrogens with two attached hydrogens (primary N) is 1. The molecule has 0 amide bonds. The Kier molecular flexibility index (Phi) is 7.39. The van der Waals surface area contributed by atoms with Gasteiger partial charge in [-0.05, 0) is 53.7 Å². The summed E-state index contributed by atoms with van der Waals surface area (Å²) in [4.78, 5) is 23.4. The Morgan fingerprint density at radius 3 is 2.72 bits per heavy atom. The van der Waals surface area contributed by atoms with Crippen LogP contribution in [0, 0.1) is 0 Å². The maximum atomic E-state index is 5.88. The van der Waals surface area contributed by atoms with Crippen molar-refractivity contribution in [2.75, 3.05) is 12.3 Å². The second-order valence-corrected chi connectivity index (χ2v) is 9.08. The molecule has 0 aliphatic heterocycles. The van der Waals surface area contributed by atoms with Gasteiger partial charge in [-0.15, -0.1) is 11.3 Å². The van der Waals surface area contributed by atoms with E-state index in [1.807, 2.05) is 30.5 Å². The van der Waals surface area contributed by atoms with Crippen molar-refractivity contribution in [3.05, 3.63) is 64.1 Å². The van der Waals surface area contributed by atoms with E-state index in [0.717, 1.165) is 52.9 Å². The molecule has 0 unspecified atom stereocenters. The minimum atomic E-state index is 0.555. The first kappa shape index (κ1) is 22.3. The van der Waals surface area contributed by atoms with Gasteiger partial charge in [0.1, 0.15) is 11.4 Å². The summed E-state index contributed by atoms with van der Waals surface area (Å²) in [6.07, 6.45) is 10.4. The minimum absolute atomic E-state index is 0.555. The molecule has 0 atom stereocenters. The van der Waals surface area contributed by atoms with E-state index < -0.39 is 0 Å². The summed E-state index contributed by atoms with van der Waals surface area (Å²) in [6, 6.07) is 7.99. The van der Waals surface area contributed by atoms with Crippen LogP contribution >= 0.6 is 27.3 Å². The molecular formula is C23H23BrN6OS. The molecule has 4 rings (SSSR count). The maximum Gasteiger partial charge on any atom is 0.180 e. The Morgan fingerprint density at radius 1 is 1.06 bits per heavy atom. The third kappa shape index (κ3) is 5.46. The first-order chi connectivity index (χ1) is 15.6. The summed E-state index contributed by atoms with van der Waals surface area (Å²) in [5.41, 5.74) is 9.09. The number of anilines is 1. The van der Waals surface area contributed by atoms with Crippen LogP contribution in [0.3, 0.4) is 0 Å². The van der Waals surface area contributed by atoms with E-state index in [4.69, 9.17) is 20.4 Å². The lowest BCUT2D eigenvalue weighted by molar-refractivity contribution is 0.315. The average Bonchev–Trinajstić information content (AvgIpc) is 3.23.